The van der Waals surface area contributed by atoms with E-state index in [2.05, 4.69) is 5.32 Å². The third-order valence-electron chi connectivity index (χ3n) is 3.30. The summed E-state index contributed by atoms with van der Waals surface area (Å²) in [6.07, 6.45) is 4.28. The molecule has 1 rings (SSSR count). The first-order valence-electron chi connectivity index (χ1n) is 6.12. The van der Waals surface area contributed by atoms with Crippen molar-refractivity contribution in [2.45, 2.75) is 51.6 Å². The van der Waals surface area contributed by atoms with Gasteiger partial charge in [-0.1, -0.05) is 6.42 Å². The minimum Gasteiger partial charge on any atom is -0.314 e. The predicted octanol–water partition coefficient (Wildman–Crippen LogP) is 1.19. The third-order valence-corrected chi connectivity index (χ3v) is 5.35. The van der Waals surface area contributed by atoms with E-state index in [-0.39, 0.29) is 11.8 Å². The van der Waals surface area contributed by atoms with Gasteiger partial charge < -0.3 is 5.32 Å². The van der Waals surface area contributed by atoms with Gasteiger partial charge in [0.25, 0.3) is 0 Å². The molecule has 5 heteroatoms. The summed E-state index contributed by atoms with van der Waals surface area (Å²) in [6.45, 7) is 4.83. The molecular weight excluding hydrogens is 224 g/mol. The maximum absolute atomic E-state index is 11.9. The average Bonchev–Trinajstić information content (AvgIpc) is 2.27. The van der Waals surface area contributed by atoms with Crippen LogP contribution >= 0.6 is 0 Å². The van der Waals surface area contributed by atoms with Gasteiger partial charge in [0.15, 0.2) is 0 Å². The first-order chi connectivity index (χ1) is 7.43. The molecular formula is C11H24N2O2S. The lowest BCUT2D eigenvalue weighted by Gasteiger charge is -2.25. The van der Waals surface area contributed by atoms with Gasteiger partial charge in [-0.15, -0.1) is 0 Å². The van der Waals surface area contributed by atoms with Crippen LogP contribution in [-0.4, -0.2) is 44.2 Å². The normalized spacial score (nSPS) is 22.9. The molecule has 1 atom stereocenters. The standard InChI is InChI=1S/C11H24N2O2S/c1-10(2)13(3)16(14,15)9-7-11-6-4-5-8-12-11/h10-12H,4-9H2,1-3H3. The Balaban J connectivity index is 2.41. The molecule has 0 saturated carbocycles. The number of nitrogens with one attached hydrogen (secondary N) is 1. The van der Waals surface area contributed by atoms with E-state index in [1.54, 1.807) is 7.05 Å². The number of nitrogens with zero attached hydrogens (tertiary/aromatic N) is 1. The van der Waals surface area contributed by atoms with E-state index in [0.717, 1.165) is 19.4 Å². The van der Waals surface area contributed by atoms with Gasteiger partial charge in [-0.05, 0) is 39.7 Å². The van der Waals surface area contributed by atoms with Gasteiger partial charge in [0.05, 0.1) is 5.75 Å². The highest BCUT2D eigenvalue weighted by Crippen LogP contribution is 2.13. The molecule has 0 aliphatic carbocycles. The van der Waals surface area contributed by atoms with Crippen molar-refractivity contribution in [3.05, 3.63) is 0 Å². The Morgan fingerprint density at radius 3 is 2.56 bits per heavy atom. The highest BCUT2D eigenvalue weighted by molar-refractivity contribution is 7.89. The van der Waals surface area contributed by atoms with Crippen LogP contribution < -0.4 is 5.32 Å². The van der Waals surface area contributed by atoms with Crippen molar-refractivity contribution in [1.82, 2.24) is 9.62 Å². The SMILES string of the molecule is CC(C)N(C)S(=O)(=O)CCC1CCCCN1. The van der Waals surface area contributed by atoms with E-state index in [4.69, 9.17) is 0 Å². The van der Waals surface area contributed by atoms with E-state index in [1.165, 1.54) is 17.1 Å². The summed E-state index contributed by atoms with van der Waals surface area (Å²) in [5, 5.41) is 3.38. The van der Waals surface area contributed by atoms with E-state index in [1.807, 2.05) is 13.8 Å². The van der Waals surface area contributed by atoms with Crippen LogP contribution in [0.25, 0.3) is 0 Å². The molecule has 0 aromatic rings. The van der Waals surface area contributed by atoms with Gasteiger partial charge in [-0.25, -0.2) is 12.7 Å². The largest absolute Gasteiger partial charge is 0.314 e. The van der Waals surface area contributed by atoms with Crippen LogP contribution in [0.2, 0.25) is 0 Å². The van der Waals surface area contributed by atoms with Gasteiger partial charge in [-0.3, -0.25) is 0 Å². The molecule has 1 aliphatic heterocycles. The number of piperidine rings is 1. The Hall–Kier alpha value is -0.130. The first kappa shape index (κ1) is 13.9. The van der Waals surface area contributed by atoms with Crippen LogP contribution in [0.3, 0.4) is 0 Å². The van der Waals surface area contributed by atoms with Crippen molar-refractivity contribution < 1.29 is 8.42 Å². The average molecular weight is 248 g/mol. The molecule has 16 heavy (non-hydrogen) atoms. The van der Waals surface area contributed by atoms with Gasteiger partial charge in [0.2, 0.25) is 10.0 Å². The number of hydrogen-bond donors (Lipinski definition) is 1. The Morgan fingerprint density at radius 1 is 1.38 bits per heavy atom. The summed E-state index contributed by atoms with van der Waals surface area (Å²) in [7, 11) is -1.40. The highest BCUT2D eigenvalue weighted by atomic mass is 32.2. The molecule has 1 aliphatic rings. The summed E-state index contributed by atoms with van der Waals surface area (Å²) in [5.74, 6) is 0.263. The first-order valence-corrected chi connectivity index (χ1v) is 7.73. The van der Waals surface area contributed by atoms with Crippen LogP contribution in [0.1, 0.15) is 39.5 Å². The molecule has 0 spiro atoms. The minimum atomic E-state index is -3.07. The lowest BCUT2D eigenvalue weighted by atomic mass is 10.0. The van der Waals surface area contributed by atoms with Crippen LogP contribution in [-0.2, 0) is 10.0 Å². The van der Waals surface area contributed by atoms with Gasteiger partial charge in [0.1, 0.15) is 0 Å². The topological polar surface area (TPSA) is 49.4 Å². The Labute approximate surface area is 99.5 Å². The Morgan fingerprint density at radius 2 is 2.06 bits per heavy atom. The third kappa shape index (κ3) is 4.03. The number of sulfonamides is 1. The molecule has 1 unspecified atom stereocenters. The van der Waals surface area contributed by atoms with E-state index >= 15 is 0 Å². The molecule has 96 valence electrons. The zero-order valence-corrected chi connectivity index (χ0v) is 11.4. The Bertz CT molecular complexity index is 295. The molecule has 1 N–H and O–H groups in total. The van der Waals surface area contributed by atoms with E-state index in [9.17, 15) is 8.42 Å². The quantitative estimate of drug-likeness (QED) is 0.795. The van der Waals surface area contributed by atoms with Crippen molar-refractivity contribution in [2.75, 3.05) is 19.3 Å². The van der Waals surface area contributed by atoms with Crippen LogP contribution in [0.15, 0.2) is 0 Å². The highest BCUT2D eigenvalue weighted by Gasteiger charge is 2.22. The molecule has 0 radical (unpaired) electrons. The second-order valence-corrected chi connectivity index (χ2v) is 7.01. The molecule has 1 saturated heterocycles. The minimum absolute atomic E-state index is 0.0457. The van der Waals surface area contributed by atoms with Crippen molar-refractivity contribution >= 4 is 10.0 Å². The van der Waals surface area contributed by atoms with E-state index < -0.39 is 10.0 Å². The number of hydrogen-bond acceptors (Lipinski definition) is 3. The van der Waals surface area contributed by atoms with E-state index in [0.29, 0.717) is 6.04 Å². The molecule has 4 nitrogen and oxygen atoms in total. The van der Waals surface area contributed by atoms with Gasteiger partial charge >= 0.3 is 0 Å². The van der Waals surface area contributed by atoms with Crippen molar-refractivity contribution in [2.24, 2.45) is 0 Å². The molecule has 0 aromatic carbocycles. The summed E-state index contributed by atoms with van der Waals surface area (Å²) in [5.41, 5.74) is 0. The second kappa shape index (κ2) is 5.98. The zero-order chi connectivity index (χ0) is 12.2. The molecule has 0 bridgehead atoms. The lowest BCUT2D eigenvalue weighted by molar-refractivity contribution is 0.381. The van der Waals surface area contributed by atoms with Gasteiger partial charge in [-0.2, -0.15) is 0 Å². The van der Waals surface area contributed by atoms with Crippen molar-refractivity contribution in [1.29, 1.82) is 0 Å². The lowest BCUT2D eigenvalue weighted by Crippen LogP contribution is -2.39. The molecule has 0 amide bonds. The molecule has 0 aromatic heterocycles. The fourth-order valence-corrected chi connectivity index (χ4v) is 3.44. The van der Waals surface area contributed by atoms with Crippen LogP contribution in [0.5, 0.6) is 0 Å². The van der Waals surface area contributed by atoms with Gasteiger partial charge in [0, 0.05) is 19.1 Å². The zero-order valence-electron chi connectivity index (χ0n) is 10.6. The molecule has 1 heterocycles. The summed E-state index contributed by atoms with van der Waals surface area (Å²) < 4.78 is 25.3. The summed E-state index contributed by atoms with van der Waals surface area (Å²) in [4.78, 5) is 0. The van der Waals surface area contributed by atoms with Crippen molar-refractivity contribution in [3.63, 3.8) is 0 Å². The second-order valence-electron chi connectivity index (χ2n) is 4.86. The maximum Gasteiger partial charge on any atom is 0.214 e. The fraction of sp³-hybridized carbons (Fsp3) is 1.00. The van der Waals surface area contributed by atoms with Crippen LogP contribution in [0.4, 0.5) is 0 Å². The Kier molecular flexibility index (Phi) is 5.21. The smallest absolute Gasteiger partial charge is 0.214 e. The summed E-state index contributed by atoms with van der Waals surface area (Å²) in [6, 6.07) is 0.438. The maximum atomic E-state index is 11.9. The van der Waals surface area contributed by atoms with Crippen LogP contribution in [0, 0.1) is 0 Å². The fourth-order valence-electron chi connectivity index (χ4n) is 1.93. The molecule has 1 fully saturated rings. The number of rotatable bonds is 5. The van der Waals surface area contributed by atoms with Crippen molar-refractivity contribution in [3.8, 4) is 0 Å². The monoisotopic (exact) mass is 248 g/mol. The predicted molar refractivity (Wildman–Crippen MR) is 66.9 cm³/mol. The summed E-state index contributed by atoms with van der Waals surface area (Å²) >= 11 is 0.